The number of carbonyl (C=O) groups is 1. The molecule has 1 amide bonds. The molecule has 3 N–H and O–H groups in total. The molecule has 0 rings (SSSR count). The Kier molecular flexibility index (Phi) is 5.41. The van der Waals surface area contributed by atoms with Crippen molar-refractivity contribution in [1.29, 1.82) is 0 Å². The predicted molar refractivity (Wildman–Crippen MR) is 64.8 cm³/mol. The number of amides is 1. The van der Waals surface area contributed by atoms with E-state index in [-0.39, 0.29) is 12.5 Å². The molecule has 5 nitrogen and oxygen atoms in total. The quantitative estimate of drug-likeness (QED) is 0.697. The molecule has 16 heavy (non-hydrogen) atoms. The average Bonchev–Trinajstić information content (AvgIpc) is 2.12. The van der Waals surface area contributed by atoms with Gasteiger partial charge >= 0.3 is 0 Å². The minimum Gasteiger partial charge on any atom is -0.353 e. The van der Waals surface area contributed by atoms with Gasteiger partial charge in [0.25, 0.3) is 0 Å². The van der Waals surface area contributed by atoms with Gasteiger partial charge in [0.05, 0.1) is 10.8 Å². The second kappa shape index (κ2) is 5.63. The van der Waals surface area contributed by atoms with Crippen molar-refractivity contribution in [1.82, 2.24) is 5.32 Å². The lowest BCUT2D eigenvalue weighted by Crippen LogP contribution is -2.48. The van der Waals surface area contributed by atoms with E-state index in [4.69, 9.17) is 5.73 Å². The first-order valence-electron chi connectivity index (χ1n) is 5.34. The molecule has 6 heteroatoms. The zero-order valence-corrected chi connectivity index (χ0v) is 11.2. The van der Waals surface area contributed by atoms with Gasteiger partial charge in [-0.05, 0) is 20.3 Å². The maximum Gasteiger partial charge on any atom is 0.236 e. The number of sulfone groups is 1. The minimum absolute atomic E-state index is 0.0854. The molecular weight excluding hydrogens is 228 g/mol. The van der Waals surface area contributed by atoms with E-state index in [0.29, 0.717) is 6.42 Å². The van der Waals surface area contributed by atoms with Crippen molar-refractivity contribution in [2.75, 3.05) is 12.8 Å². The van der Waals surface area contributed by atoms with Crippen molar-refractivity contribution in [2.45, 2.75) is 44.4 Å². The van der Waals surface area contributed by atoms with E-state index in [2.05, 4.69) is 5.32 Å². The standard InChI is InChI=1S/C10H22N2O3S/c1-5-6-8(11)9(13)12-7-10(2,3)16(4,14)15/h8H,5-7,11H2,1-4H3,(H,12,13)/t8-/m0/s1. The molecule has 96 valence electrons. The van der Waals surface area contributed by atoms with Gasteiger partial charge in [-0.15, -0.1) is 0 Å². The first-order valence-corrected chi connectivity index (χ1v) is 7.24. The first-order chi connectivity index (χ1) is 7.12. The second-order valence-electron chi connectivity index (χ2n) is 4.64. The number of nitrogens with two attached hydrogens (primary N) is 1. The Labute approximate surface area is 97.7 Å². The van der Waals surface area contributed by atoms with E-state index in [1.54, 1.807) is 13.8 Å². The molecule has 0 fully saturated rings. The van der Waals surface area contributed by atoms with Gasteiger partial charge in [-0.25, -0.2) is 8.42 Å². The lowest BCUT2D eigenvalue weighted by molar-refractivity contribution is -0.122. The van der Waals surface area contributed by atoms with Gasteiger partial charge < -0.3 is 11.1 Å². The summed E-state index contributed by atoms with van der Waals surface area (Å²) in [5, 5.41) is 2.57. The molecular formula is C10H22N2O3S. The van der Waals surface area contributed by atoms with Crippen LogP contribution in [-0.4, -0.2) is 37.9 Å². The van der Waals surface area contributed by atoms with Crippen LogP contribution in [0.5, 0.6) is 0 Å². The molecule has 0 unspecified atom stereocenters. The fraction of sp³-hybridized carbons (Fsp3) is 0.900. The summed E-state index contributed by atoms with van der Waals surface area (Å²) < 4.78 is 21.8. The van der Waals surface area contributed by atoms with Crippen LogP contribution in [-0.2, 0) is 14.6 Å². The van der Waals surface area contributed by atoms with Crippen molar-refractivity contribution >= 4 is 15.7 Å². The van der Waals surface area contributed by atoms with Crippen LogP contribution in [0.2, 0.25) is 0 Å². The van der Waals surface area contributed by atoms with Gasteiger partial charge in [-0.2, -0.15) is 0 Å². The van der Waals surface area contributed by atoms with Gasteiger partial charge in [0.15, 0.2) is 9.84 Å². The van der Waals surface area contributed by atoms with E-state index in [1.807, 2.05) is 6.92 Å². The monoisotopic (exact) mass is 250 g/mol. The van der Waals surface area contributed by atoms with Gasteiger partial charge in [0.2, 0.25) is 5.91 Å². The summed E-state index contributed by atoms with van der Waals surface area (Å²) in [6.45, 7) is 5.18. The zero-order valence-electron chi connectivity index (χ0n) is 10.4. The fourth-order valence-corrected chi connectivity index (χ4v) is 1.34. The molecule has 0 aromatic carbocycles. The first kappa shape index (κ1) is 15.4. The summed E-state index contributed by atoms with van der Waals surface area (Å²) in [7, 11) is -3.19. The lowest BCUT2D eigenvalue weighted by atomic mass is 10.1. The normalized spacial score (nSPS) is 14.6. The summed E-state index contributed by atoms with van der Waals surface area (Å²) in [6, 6.07) is -0.555. The third-order valence-corrected chi connectivity index (χ3v) is 4.78. The molecule has 0 spiro atoms. The van der Waals surface area contributed by atoms with Crippen LogP contribution >= 0.6 is 0 Å². The molecule has 0 aliphatic carbocycles. The Morgan fingerprint density at radius 2 is 1.94 bits per heavy atom. The van der Waals surface area contributed by atoms with Gasteiger partial charge in [-0.3, -0.25) is 4.79 Å². The summed E-state index contributed by atoms with van der Waals surface area (Å²) >= 11 is 0. The highest BCUT2D eigenvalue weighted by atomic mass is 32.2. The van der Waals surface area contributed by atoms with E-state index in [1.165, 1.54) is 0 Å². The number of hydrogen-bond acceptors (Lipinski definition) is 4. The van der Waals surface area contributed by atoms with Crippen LogP contribution in [0.15, 0.2) is 0 Å². The second-order valence-corrected chi connectivity index (χ2v) is 7.29. The molecule has 0 aromatic rings. The van der Waals surface area contributed by atoms with E-state index in [9.17, 15) is 13.2 Å². The summed E-state index contributed by atoms with van der Waals surface area (Å²) in [5.41, 5.74) is 5.60. The Hall–Kier alpha value is -0.620. The molecule has 0 aliphatic heterocycles. The Bertz CT molecular complexity index is 336. The third-order valence-electron chi connectivity index (χ3n) is 2.63. The highest BCUT2D eigenvalue weighted by molar-refractivity contribution is 7.92. The summed E-state index contributed by atoms with van der Waals surface area (Å²) in [6.07, 6.45) is 2.58. The maximum absolute atomic E-state index is 11.5. The van der Waals surface area contributed by atoms with E-state index < -0.39 is 20.6 Å². The molecule has 0 aliphatic rings. The molecule has 0 saturated heterocycles. The Morgan fingerprint density at radius 1 is 1.44 bits per heavy atom. The number of nitrogens with one attached hydrogen (secondary N) is 1. The number of rotatable bonds is 6. The van der Waals surface area contributed by atoms with Crippen molar-refractivity contribution in [3.63, 3.8) is 0 Å². The lowest BCUT2D eigenvalue weighted by Gasteiger charge is -2.23. The highest BCUT2D eigenvalue weighted by Crippen LogP contribution is 2.13. The van der Waals surface area contributed by atoms with Crippen molar-refractivity contribution < 1.29 is 13.2 Å². The number of carbonyl (C=O) groups excluding carboxylic acids is 1. The van der Waals surface area contributed by atoms with Crippen LogP contribution in [0.1, 0.15) is 33.6 Å². The average molecular weight is 250 g/mol. The van der Waals surface area contributed by atoms with Crippen molar-refractivity contribution in [3.8, 4) is 0 Å². The predicted octanol–water partition coefficient (Wildman–Crippen LogP) is 0.0532. The van der Waals surface area contributed by atoms with Crippen LogP contribution in [0.3, 0.4) is 0 Å². The molecule has 0 aromatic heterocycles. The number of hydrogen-bond donors (Lipinski definition) is 2. The van der Waals surface area contributed by atoms with Gasteiger partial charge in [0.1, 0.15) is 0 Å². The Morgan fingerprint density at radius 3 is 2.31 bits per heavy atom. The molecule has 1 atom stereocenters. The van der Waals surface area contributed by atoms with Crippen LogP contribution in [0.4, 0.5) is 0 Å². The summed E-state index contributed by atoms with van der Waals surface area (Å²) in [5.74, 6) is -0.293. The third kappa shape index (κ3) is 4.49. The SMILES string of the molecule is CCC[C@H](N)C(=O)NCC(C)(C)S(C)(=O)=O. The molecule has 0 radical (unpaired) electrons. The van der Waals surface area contributed by atoms with Crippen LogP contribution in [0, 0.1) is 0 Å². The maximum atomic E-state index is 11.5. The highest BCUT2D eigenvalue weighted by Gasteiger charge is 2.30. The topological polar surface area (TPSA) is 89.3 Å². The van der Waals surface area contributed by atoms with E-state index >= 15 is 0 Å². The zero-order chi connectivity index (χ0) is 13.0. The Balaban J connectivity index is 4.31. The van der Waals surface area contributed by atoms with Crippen molar-refractivity contribution in [2.24, 2.45) is 5.73 Å². The molecule has 0 bridgehead atoms. The van der Waals surface area contributed by atoms with Crippen LogP contribution < -0.4 is 11.1 Å². The van der Waals surface area contributed by atoms with E-state index in [0.717, 1.165) is 12.7 Å². The summed E-state index contributed by atoms with van der Waals surface area (Å²) in [4.78, 5) is 11.5. The van der Waals surface area contributed by atoms with Crippen LogP contribution in [0.25, 0.3) is 0 Å². The van der Waals surface area contributed by atoms with Gasteiger partial charge in [-0.1, -0.05) is 13.3 Å². The smallest absolute Gasteiger partial charge is 0.236 e. The molecule has 0 heterocycles. The van der Waals surface area contributed by atoms with Gasteiger partial charge in [0, 0.05) is 12.8 Å². The van der Waals surface area contributed by atoms with Crippen molar-refractivity contribution in [3.05, 3.63) is 0 Å². The molecule has 0 saturated carbocycles. The fourth-order valence-electron chi connectivity index (χ4n) is 1.00. The minimum atomic E-state index is -3.19. The largest absolute Gasteiger partial charge is 0.353 e.